The number of ether oxygens (including phenoxy) is 1. The maximum absolute atomic E-state index is 13.5. The van der Waals surface area contributed by atoms with Crippen molar-refractivity contribution in [1.29, 1.82) is 0 Å². The highest BCUT2D eigenvalue weighted by Gasteiger charge is 2.41. The van der Waals surface area contributed by atoms with E-state index in [2.05, 4.69) is 14.9 Å². The number of hydrogen-bond donors (Lipinski definition) is 0. The summed E-state index contributed by atoms with van der Waals surface area (Å²) >= 11 is 0. The molecule has 2 saturated heterocycles. The van der Waals surface area contributed by atoms with E-state index in [-0.39, 0.29) is 30.1 Å². The zero-order valence-corrected chi connectivity index (χ0v) is 17.1. The fourth-order valence-electron chi connectivity index (χ4n) is 4.25. The van der Waals surface area contributed by atoms with Gasteiger partial charge in [-0.25, -0.2) is 22.2 Å². The fourth-order valence-corrected chi connectivity index (χ4v) is 5.76. The van der Waals surface area contributed by atoms with Gasteiger partial charge in [0, 0.05) is 50.6 Å². The van der Waals surface area contributed by atoms with Crippen LogP contribution >= 0.6 is 0 Å². The Bertz CT molecular complexity index is 1030. The molecular weight excluding hydrogens is 414 g/mol. The van der Waals surface area contributed by atoms with Crippen molar-refractivity contribution >= 4 is 10.0 Å². The Balaban J connectivity index is 1.24. The number of halogens is 2. The van der Waals surface area contributed by atoms with E-state index in [1.807, 2.05) is 0 Å². The molecule has 0 amide bonds. The average Bonchev–Trinajstić information content (AvgIpc) is 3.47. The molecule has 0 N–H and O–H groups in total. The maximum Gasteiger partial charge on any atom is 0.243 e. The van der Waals surface area contributed by atoms with Gasteiger partial charge in [-0.1, -0.05) is 0 Å². The highest BCUT2D eigenvalue weighted by Crippen LogP contribution is 2.38. The van der Waals surface area contributed by atoms with Crippen LogP contribution in [0, 0.1) is 11.6 Å². The predicted octanol–water partition coefficient (Wildman–Crippen LogP) is 2.16. The van der Waals surface area contributed by atoms with Crippen molar-refractivity contribution < 1.29 is 21.9 Å². The van der Waals surface area contributed by atoms with Gasteiger partial charge in [-0.2, -0.15) is 4.31 Å². The summed E-state index contributed by atoms with van der Waals surface area (Å²) < 4.78 is 60.0. The molecule has 2 atom stereocenters. The third-order valence-electron chi connectivity index (χ3n) is 5.95. The molecule has 10 heteroatoms. The molecule has 1 aromatic heterocycles. The molecule has 2 aromatic rings. The van der Waals surface area contributed by atoms with Gasteiger partial charge in [0.2, 0.25) is 15.9 Å². The van der Waals surface area contributed by atoms with Crippen LogP contribution in [0.5, 0.6) is 5.88 Å². The molecular formula is C20H22F2N4O3S. The van der Waals surface area contributed by atoms with Crippen molar-refractivity contribution in [3.8, 4) is 5.88 Å². The van der Waals surface area contributed by atoms with Gasteiger partial charge in [0.15, 0.2) is 0 Å². The van der Waals surface area contributed by atoms with Crippen molar-refractivity contribution in [2.45, 2.75) is 42.2 Å². The molecule has 1 aliphatic carbocycles. The van der Waals surface area contributed by atoms with Crippen molar-refractivity contribution in [1.82, 2.24) is 19.2 Å². The first-order valence-electron chi connectivity index (χ1n) is 10.1. The van der Waals surface area contributed by atoms with Gasteiger partial charge in [0.05, 0.1) is 23.0 Å². The summed E-state index contributed by atoms with van der Waals surface area (Å²) in [6.07, 6.45) is 6.29. The topological polar surface area (TPSA) is 75.6 Å². The van der Waals surface area contributed by atoms with E-state index in [4.69, 9.17) is 4.74 Å². The van der Waals surface area contributed by atoms with E-state index in [0.29, 0.717) is 37.4 Å². The average molecular weight is 436 g/mol. The minimum Gasteiger partial charge on any atom is -0.472 e. The summed E-state index contributed by atoms with van der Waals surface area (Å²) in [5.41, 5.74) is 1.00. The molecule has 0 bridgehead atoms. The van der Waals surface area contributed by atoms with Gasteiger partial charge in [-0.15, -0.1) is 0 Å². The number of benzene rings is 1. The predicted molar refractivity (Wildman–Crippen MR) is 104 cm³/mol. The Morgan fingerprint density at radius 2 is 1.77 bits per heavy atom. The third-order valence-corrected chi connectivity index (χ3v) is 7.79. The van der Waals surface area contributed by atoms with E-state index in [9.17, 15) is 17.2 Å². The SMILES string of the molecule is O=S(=O)(c1cc(F)cc(F)c1)N1CCN2C[C@H](Oc3cnc(C4CC4)cn3)C[C@H]2C1. The summed E-state index contributed by atoms with van der Waals surface area (Å²) in [4.78, 5) is 10.6. The van der Waals surface area contributed by atoms with Crippen LogP contribution in [0.25, 0.3) is 0 Å². The standard InChI is InChI=1S/C20H22F2N4O3S/c21-14-5-15(22)7-18(6-14)30(27,28)26-4-3-25-12-17(8-16(25)11-26)29-20-10-23-19(9-24-20)13-1-2-13/h5-7,9-10,13,16-17H,1-4,8,11-12H2/t16-,17+/m0/s1. The second-order valence-electron chi connectivity index (χ2n) is 8.15. The number of fused-ring (bicyclic) bond motifs is 1. The fraction of sp³-hybridized carbons (Fsp3) is 0.500. The second-order valence-corrected chi connectivity index (χ2v) is 10.1. The Labute approximate surface area is 173 Å². The molecule has 0 unspecified atom stereocenters. The monoisotopic (exact) mass is 436 g/mol. The van der Waals surface area contributed by atoms with Crippen LogP contribution in [-0.4, -0.2) is 65.9 Å². The molecule has 3 aliphatic rings. The largest absolute Gasteiger partial charge is 0.472 e. The zero-order chi connectivity index (χ0) is 20.9. The Kier molecular flexibility index (Phi) is 4.95. The van der Waals surface area contributed by atoms with E-state index in [1.54, 1.807) is 12.4 Å². The molecule has 3 heterocycles. The minimum absolute atomic E-state index is 0.0179. The summed E-state index contributed by atoms with van der Waals surface area (Å²) in [5.74, 6) is -0.804. The maximum atomic E-state index is 13.5. The Morgan fingerprint density at radius 1 is 1.00 bits per heavy atom. The van der Waals surface area contributed by atoms with Gasteiger partial charge in [0.25, 0.3) is 0 Å². The summed E-state index contributed by atoms with van der Waals surface area (Å²) in [6.45, 7) is 1.74. The molecule has 160 valence electrons. The molecule has 1 saturated carbocycles. The van der Waals surface area contributed by atoms with Crippen LogP contribution in [0.1, 0.15) is 30.9 Å². The Morgan fingerprint density at radius 3 is 2.43 bits per heavy atom. The smallest absolute Gasteiger partial charge is 0.243 e. The van der Waals surface area contributed by atoms with Crippen molar-refractivity contribution in [2.24, 2.45) is 0 Å². The number of sulfonamides is 1. The number of hydrogen-bond acceptors (Lipinski definition) is 6. The highest BCUT2D eigenvalue weighted by molar-refractivity contribution is 7.89. The zero-order valence-electron chi connectivity index (χ0n) is 16.2. The first kappa shape index (κ1) is 19.8. The van der Waals surface area contributed by atoms with E-state index >= 15 is 0 Å². The summed E-state index contributed by atoms with van der Waals surface area (Å²) in [6, 6.07) is 2.36. The van der Waals surface area contributed by atoms with Crippen LogP contribution in [0.15, 0.2) is 35.5 Å². The third kappa shape index (κ3) is 3.91. The lowest BCUT2D eigenvalue weighted by Crippen LogP contribution is -2.51. The van der Waals surface area contributed by atoms with Crippen molar-refractivity contribution in [3.63, 3.8) is 0 Å². The molecule has 3 fully saturated rings. The van der Waals surface area contributed by atoms with E-state index in [0.717, 1.165) is 30.7 Å². The number of aromatic nitrogens is 2. The molecule has 5 rings (SSSR count). The van der Waals surface area contributed by atoms with Gasteiger partial charge in [0.1, 0.15) is 17.7 Å². The molecule has 1 aromatic carbocycles. The van der Waals surface area contributed by atoms with E-state index < -0.39 is 21.7 Å². The lowest BCUT2D eigenvalue weighted by molar-refractivity contribution is 0.151. The molecule has 30 heavy (non-hydrogen) atoms. The highest BCUT2D eigenvalue weighted by atomic mass is 32.2. The van der Waals surface area contributed by atoms with Crippen molar-refractivity contribution in [2.75, 3.05) is 26.2 Å². The van der Waals surface area contributed by atoms with Crippen LogP contribution in [-0.2, 0) is 10.0 Å². The van der Waals surface area contributed by atoms with Gasteiger partial charge in [-0.3, -0.25) is 9.88 Å². The number of piperazine rings is 1. The quantitative estimate of drug-likeness (QED) is 0.715. The second kappa shape index (κ2) is 7.51. The lowest BCUT2D eigenvalue weighted by Gasteiger charge is -2.36. The molecule has 7 nitrogen and oxygen atoms in total. The van der Waals surface area contributed by atoms with Gasteiger partial charge in [-0.05, 0) is 25.0 Å². The Hall–Kier alpha value is -2.17. The summed E-state index contributed by atoms with van der Waals surface area (Å²) in [7, 11) is -3.97. The van der Waals surface area contributed by atoms with Crippen molar-refractivity contribution in [3.05, 3.63) is 47.9 Å². The van der Waals surface area contributed by atoms with Gasteiger partial charge < -0.3 is 4.74 Å². The van der Waals surface area contributed by atoms with E-state index in [1.165, 1.54) is 4.31 Å². The van der Waals surface area contributed by atoms with Crippen LogP contribution in [0.2, 0.25) is 0 Å². The summed E-state index contributed by atoms with van der Waals surface area (Å²) in [5, 5.41) is 0. The van der Waals surface area contributed by atoms with Gasteiger partial charge >= 0.3 is 0 Å². The molecule has 0 radical (unpaired) electrons. The number of nitrogens with zero attached hydrogens (tertiary/aromatic N) is 4. The molecule has 2 aliphatic heterocycles. The minimum atomic E-state index is -3.97. The molecule has 0 spiro atoms. The first-order valence-corrected chi connectivity index (χ1v) is 11.5. The first-order chi connectivity index (χ1) is 14.4. The number of rotatable bonds is 5. The lowest BCUT2D eigenvalue weighted by atomic mass is 10.2. The normalized spacial score (nSPS) is 25.3. The van der Waals surface area contributed by atoms with Crippen LogP contribution < -0.4 is 4.74 Å². The van der Waals surface area contributed by atoms with Crippen LogP contribution in [0.3, 0.4) is 0 Å². The van der Waals surface area contributed by atoms with Crippen LogP contribution in [0.4, 0.5) is 8.78 Å².